The second-order valence-electron chi connectivity index (χ2n) is 3.07. The van der Waals surface area contributed by atoms with Crippen LogP contribution in [0.4, 0.5) is 33.3 Å². The summed E-state index contributed by atoms with van der Waals surface area (Å²) in [7, 11) is 0. The molecule has 0 spiro atoms. The summed E-state index contributed by atoms with van der Waals surface area (Å²) in [5.41, 5.74) is 1.08. The Morgan fingerprint density at radius 3 is 2.35 bits per heavy atom. The number of nitrogen functional groups attached to an aromatic ring is 1. The second kappa shape index (κ2) is 5.44. The molecule has 0 amide bonds. The molecule has 96 valence electrons. The zero-order valence-corrected chi connectivity index (χ0v) is 9.26. The fraction of sp³-hybridized carbons (Fsp3) is 0.333. The van der Waals surface area contributed by atoms with Crippen LogP contribution in [-0.4, -0.2) is 17.8 Å². The van der Waals surface area contributed by atoms with Gasteiger partial charge in [0.2, 0.25) is 0 Å². The van der Waals surface area contributed by atoms with E-state index in [1.54, 1.807) is 0 Å². The van der Waals surface area contributed by atoms with Gasteiger partial charge in [-0.25, -0.2) is 8.78 Å². The Morgan fingerprint density at radius 1 is 1.18 bits per heavy atom. The van der Waals surface area contributed by atoms with Gasteiger partial charge in [-0.2, -0.15) is 13.2 Å². The molecular weight excluding hydrogens is 263 g/mol. The molecule has 0 aliphatic rings. The standard InChI is InChI=1S/C9H9F5N2S/c10-5-3-7(15)8(4-6(5)11)16-1-2-17-9(12,13)14/h3-4,16H,1-2,15H2. The Balaban J connectivity index is 2.50. The SMILES string of the molecule is Nc1cc(F)c(F)cc1NCCSC(F)(F)F. The average Bonchev–Trinajstić information content (AvgIpc) is 2.18. The normalized spacial score (nSPS) is 11.6. The minimum atomic E-state index is -4.30. The molecule has 0 unspecified atom stereocenters. The largest absolute Gasteiger partial charge is 0.441 e. The van der Waals surface area contributed by atoms with Gasteiger partial charge in [-0.3, -0.25) is 0 Å². The molecule has 2 nitrogen and oxygen atoms in total. The van der Waals surface area contributed by atoms with E-state index in [4.69, 9.17) is 5.73 Å². The van der Waals surface area contributed by atoms with Gasteiger partial charge in [0.15, 0.2) is 11.6 Å². The Hall–Kier alpha value is -1.18. The fourth-order valence-electron chi connectivity index (χ4n) is 1.07. The molecule has 0 bridgehead atoms. The van der Waals surface area contributed by atoms with Gasteiger partial charge in [-0.15, -0.1) is 0 Å². The van der Waals surface area contributed by atoms with Crippen molar-refractivity contribution in [2.24, 2.45) is 0 Å². The highest BCUT2D eigenvalue weighted by molar-refractivity contribution is 8.00. The molecule has 1 aromatic rings. The van der Waals surface area contributed by atoms with Gasteiger partial charge in [0, 0.05) is 24.4 Å². The van der Waals surface area contributed by atoms with Gasteiger partial charge in [0.05, 0.1) is 11.4 Å². The Bertz CT molecular complexity index is 394. The lowest BCUT2D eigenvalue weighted by Crippen LogP contribution is -2.11. The maximum Gasteiger partial charge on any atom is 0.441 e. The van der Waals surface area contributed by atoms with E-state index in [1.807, 2.05) is 0 Å². The number of alkyl halides is 3. The van der Waals surface area contributed by atoms with E-state index in [1.165, 1.54) is 0 Å². The fourth-order valence-corrected chi connectivity index (χ4v) is 1.50. The minimum absolute atomic E-state index is 0.0547. The third-order valence-electron chi connectivity index (χ3n) is 1.78. The van der Waals surface area contributed by atoms with Gasteiger partial charge < -0.3 is 11.1 Å². The van der Waals surface area contributed by atoms with E-state index < -0.39 is 17.1 Å². The molecule has 0 atom stereocenters. The van der Waals surface area contributed by atoms with E-state index in [9.17, 15) is 22.0 Å². The average molecular weight is 272 g/mol. The van der Waals surface area contributed by atoms with Crippen molar-refractivity contribution in [1.29, 1.82) is 0 Å². The third kappa shape index (κ3) is 4.68. The van der Waals surface area contributed by atoms with Crippen molar-refractivity contribution < 1.29 is 22.0 Å². The molecule has 8 heteroatoms. The summed E-state index contributed by atoms with van der Waals surface area (Å²) < 4.78 is 60.8. The molecule has 3 N–H and O–H groups in total. The van der Waals surface area contributed by atoms with E-state index in [2.05, 4.69) is 5.32 Å². The highest BCUT2D eigenvalue weighted by atomic mass is 32.2. The quantitative estimate of drug-likeness (QED) is 0.502. The van der Waals surface area contributed by atoms with Crippen molar-refractivity contribution in [2.45, 2.75) is 5.51 Å². The van der Waals surface area contributed by atoms with E-state index in [-0.39, 0.29) is 35.4 Å². The van der Waals surface area contributed by atoms with Crippen LogP contribution in [0.15, 0.2) is 12.1 Å². The Morgan fingerprint density at radius 2 is 1.76 bits per heavy atom. The molecule has 0 saturated heterocycles. The first-order valence-corrected chi connectivity index (χ1v) is 5.47. The van der Waals surface area contributed by atoms with E-state index in [0.29, 0.717) is 0 Å². The maximum atomic E-state index is 12.8. The zero-order valence-electron chi connectivity index (χ0n) is 8.44. The number of rotatable bonds is 4. The summed E-state index contributed by atoms with van der Waals surface area (Å²) in [6.45, 7) is -0.0561. The summed E-state index contributed by atoms with van der Waals surface area (Å²) in [5, 5.41) is 2.50. The number of hydrogen-bond donors (Lipinski definition) is 2. The van der Waals surface area contributed by atoms with Crippen LogP contribution < -0.4 is 11.1 Å². The van der Waals surface area contributed by atoms with E-state index in [0.717, 1.165) is 12.1 Å². The molecular formula is C9H9F5N2S. The lowest BCUT2D eigenvalue weighted by Gasteiger charge is -2.10. The number of hydrogen-bond acceptors (Lipinski definition) is 3. The number of nitrogens with one attached hydrogen (secondary N) is 1. The van der Waals surface area contributed by atoms with Crippen molar-refractivity contribution >= 4 is 23.1 Å². The van der Waals surface area contributed by atoms with Gasteiger partial charge in [-0.1, -0.05) is 0 Å². The zero-order chi connectivity index (χ0) is 13.1. The number of nitrogens with two attached hydrogens (primary N) is 1. The predicted octanol–water partition coefficient (Wildman–Crippen LogP) is 3.21. The van der Waals surface area contributed by atoms with Gasteiger partial charge >= 0.3 is 5.51 Å². The van der Waals surface area contributed by atoms with Crippen LogP contribution in [-0.2, 0) is 0 Å². The van der Waals surface area contributed by atoms with Crippen LogP contribution in [0.5, 0.6) is 0 Å². The van der Waals surface area contributed by atoms with Crippen molar-refractivity contribution in [2.75, 3.05) is 23.3 Å². The number of benzene rings is 1. The molecule has 1 aromatic carbocycles. The van der Waals surface area contributed by atoms with Crippen molar-refractivity contribution in [3.63, 3.8) is 0 Å². The highest BCUT2D eigenvalue weighted by Gasteiger charge is 2.27. The van der Waals surface area contributed by atoms with Gasteiger partial charge in [-0.05, 0) is 11.8 Å². The monoisotopic (exact) mass is 272 g/mol. The summed E-state index contributed by atoms with van der Waals surface area (Å²) in [6, 6.07) is 1.58. The Kier molecular flexibility index (Phi) is 4.44. The van der Waals surface area contributed by atoms with Gasteiger partial charge in [0.25, 0.3) is 0 Å². The second-order valence-corrected chi connectivity index (χ2v) is 4.23. The van der Waals surface area contributed by atoms with Crippen LogP contribution in [0.25, 0.3) is 0 Å². The first-order chi connectivity index (χ1) is 7.79. The van der Waals surface area contributed by atoms with Crippen LogP contribution in [0, 0.1) is 11.6 Å². The molecule has 1 rings (SSSR count). The summed E-state index contributed by atoms with van der Waals surface area (Å²) in [6.07, 6.45) is 0. The topological polar surface area (TPSA) is 38.0 Å². The summed E-state index contributed by atoms with van der Waals surface area (Å²) in [4.78, 5) is 0. The molecule has 0 radical (unpaired) electrons. The molecule has 0 aliphatic carbocycles. The molecule has 0 heterocycles. The predicted molar refractivity (Wildman–Crippen MR) is 57.8 cm³/mol. The van der Waals surface area contributed by atoms with Crippen molar-refractivity contribution in [1.82, 2.24) is 0 Å². The van der Waals surface area contributed by atoms with E-state index >= 15 is 0 Å². The maximum absolute atomic E-state index is 12.8. The third-order valence-corrected chi connectivity index (χ3v) is 2.51. The van der Waals surface area contributed by atoms with Crippen LogP contribution in [0.3, 0.4) is 0 Å². The molecule has 0 saturated carbocycles. The molecule has 0 aromatic heterocycles. The van der Waals surface area contributed by atoms with Crippen LogP contribution in [0.2, 0.25) is 0 Å². The van der Waals surface area contributed by atoms with Gasteiger partial charge in [0.1, 0.15) is 0 Å². The molecule has 0 fully saturated rings. The van der Waals surface area contributed by atoms with Crippen molar-refractivity contribution in [3.8, 4) is 0 Å². The lowest BCUT2D eigenvalue weighted by molar-refractivity contribution is -0.0327. The number of halogens is 5. The lowest BCUT2D eigenvalue weighted by atomic mass is 10.2. The minimum Gasteiger partial charge on any atom is -0.397 e. The summed E-state index contributed by atoms with van der Waals surface area (Å²) >= 11 is -0.205. The first-order valence-electron chi connectivity index (χ1n) is 4.48. The van der Waals surface area contributed by atoms with Crippen LogP contribution >= 0.6 is 11.8 Å². The first kappa shape index (κ1) is 13.9. The highest BCUT2D eigenvalue weighted by Crippen LogP contribution is 2.30. The van der Waals surface area contributed by atoms with Crippen molar-refractivity contribution in [3.05, 3.63) is 23.8 Å². The number of anilines is 2. The molecule has 17 heavy (non-hydrogen) atoms. The van der Waals surface area contributed by atoms with Crippen LogP contribution in [0.1, 0.15) is 0 Å². The number of thioether (sulfide) groups is 1. The Labute approximate surface area is 98.4 Å². The molecule has 0 aliphatic heterocycles. The summed E-state index contributed by atoms with van der Waals surface area (Å²) in [5.74, 6) is -2.45. The smallest absolute Gasteiger partial charge is 0.397 e.